The molecule has 2 aromatic heterocycles. The van der Waals surface area contributed by atoms with Gasteiger partial charge in [0.15, 0.2) is 6.23 Å². The highest BCUT2D eigenvalue weighted by molar-refractivity contribution is 7.91. The lowest BCUT2D eigenvalue weighted by Gasteiger charge is -2.19. The van der Waals surface area contributed by atoms with Crippen molar-refractivity contribution < 1.29 is 36.4 Å². The molecule has 12 nitrogen and oxygen atoms in total. The minimum absolute atomic E-state index is 0.0117. The van der Waals surface area contributed by atoms with Crippen LogP contribution in [0.4, 0.5) is 5.82 Å². The van der Waals surface area contributed by atoms with Crippen molar-refractivity contribution >= 4 is 46.2 Å². The van der Waals surface area contributed by atoms with E-state index in [0.29, 0.717) is 16.9 Å². The molecule has 2 aromatic rings. The fraction of sp³-hybridized carbons (Fsp3) is 0.700. The van der Waals surface area contributed by atoms with E-state index in [1.54, 1.807) is 26.1 Å². The smallest absolute Gasteiger partial charge is 0.342 e. The van der Waals surface area contributed by atoms with Crippen LogP contribution < -0.4 is 5.32 Å². The lowest BCUT2D eigenvalue weighted by Crippen LogP contribution is -2.35. The molecule has 0 bridgehead atoms. The Morgan fingerprint density at radius 1 is 1.29 bits per heavy atom. The molecule has 2 fully saturated rings. The fourth-order valence-electron chi connectivity index (χ4n) is 4.52. The van der Waals surface area contributed by atoms with Crippen molar-refractivity contribution in [3.8, 4) is 0 Å². The third kappa shape index (κ3) is 6.16. The lowest BCUT2D eigenvalue weighted by molar-refractivity contribution is -0.0291. The van der Waals surface area contributed by atoms with Gasteiger partial charge in [-0.1, -0.05) is 12.8 Å². The summed E-state index contributed by atoms with van der Waals surface area (Å²) in [6, 6.07) is 2.00. The molecule has 5 atom stereocenters. The first kappa shape index (κ1) is 26.7. The zero-order valence-corrected chi connectivity index (χ0v) is 22.0. The summed E-state index contributed by atoms with van der Waals surface area (Å²) in [5.41, 5.74) is 0.352. The van der Waals surface area contributed by atoms with Gasteiger partial charge in [0.1, 0.15) is 35.5 Å². The number of halogens is 1. The molecule has 1 aliphatic carbocycles. The molecule has 35 heavy (non-hydrogen) atoms. The Morgan fingerprint density at radius 2 is 1.97 bits per heavy atom. The summed E-state index contributed by atoms with van der Waals surface area (Å²) in [6.45, 7) is 4.21. The molecule has 0 spiro atoms. The quantitative estimate of drug-likeness (QED) is 0.309. The van der Waals surface area contributed by atoms with E-state index >= 15 is 0 Å². The Balaban J connectivity index is 1.55. The van der Waals surface area contributed by atoms with E-state index in [1.165, 1.54) is 4.57 Å². The minimum Gasteiger partial charge on any atom is -0.387 e. The molecule has 196 valence electrons. The van der Waals surface area contributed by atoms with Gasteiger partial charge in [0.2, 0.25) is 5.28 Å². The lowest BCUT2D eigenvalue weighted by atomic mass is 10.1. The van der Waals surface area contributed by atoms with Gasteiger partial charge in [-0.25, -0.2) is 4.98 Å². The molecule has 4 rings (SSSR count). The Morgan fingerprint density at radius 3 is 2.63 bits per heavy atom. The van der Waals surface area contributed by atoms with E-state index in [9.17, 15) is 23.2 Å². The second kappa shape index (κ2) is 10.2. The molecular weight excluding hydrogens is 523 g/mol. The van der Waals surface area contributed by atoms with Gasteiger partial charge in [0, 0.05) is 18.9 Å². The maximum Gasteiger partial charge on any atom is 0.342 e. The standard InChI is InChI=1S/C20H30ClN4O8PS/c1-11(2)32-34(3,28)33-35(29,30)10-14-15(26)16(27)19(31-14)25-9-8-13-17(22-12-6-4-5-7-12)23-20(21)24-18(13)25/h8-9,11-12,14-16,19,26-27H,4-7,10H2,1-3H3,(H,22,23,24)/t14-,15-,16-,19-,34?/m1/s1. The van der Waals surface area contributed by atoms with Gasteiger partial charge in [-0.2, -0.15) is 17.4 Å². The summed E-state index contributed by atoms with van der Waals surface area (Å²) in [5.74, 6) is -0.292. The van der Waals surface area contributed by atoms with Gasteiger partial charge < -0.3 is 29.4 Å². The van der Waals surface area contributed by atoms with E-state index in [1.807, 2.05) is 0 Å². The van der Waals surface area contributed by atoms with Gasteiger partial charge >= 0.3 is 7.60 Å². The Kier molecular flexibility index (Phi) is 7.81. The third-order valence-corrected chi connectivity index (χ3v) is 9.57. The third-order valence-electron chi connectivity index (χ3n) is 5.87. The summed E-state index contributed by atoms with van der Waals surface area (Å²) in [5, 5.41) is 25.2. The molecule has 1 aliphatic heterocycles. The predicted octanol–water partition coefficient (Wildman–Crippen LogP) is 2.65. The molecule has 3 N–H and O–H groups in total. The number of aliphatic hydroxyl groups excluding tert-OH is 2. The average molecular weight is 553 g/mol. The van der Waals surface area contributed by atoms with Crippen molar-refractivity contribution in [3.63, 3.8) is 0 Å². The van der Waals surface area contributed by atoms with Gasteiger partial charge in [-0.3, -0.25) is 4.57 Å². The molecule has 0 radical (unpaired) electrons. The Bertz CT molecular complexity index is 1220. The number of rotatable bonds is 9. The van der Waals surface area contributed by atoms with Crippen molar-refractivity contribution in [3.05, 3.63) is 17.5 Å². The summed E-state index contributed by atoms with van der Waals surface area (Å²) in [6.07, 6.45) is -0.185. The predicted molar refractivity (Wildman–Crippen MR) is 129 cm³/mol. The maximum atomic E-state index is 12.5. The van der Waals surface area contributed by atoms with Crippen LogP contribution in [0.1, 0.15) is 45.8 Å². The zero-order chi connectivity index (χ0) is 25.5. The van der Waals surface area contributed by atoms with Crippen molar-refractivity contribution in [2.45, 2.75) is 76.2 Å². The van der Waals surface area contributed by atoms with E-state index in [4.69, 9.17) is 24.8 Å². The minimum atomic E-state index is -4.44. The first-order chi connectivity index (χ1) is 16.3. The summed E-state index contributed by atoms with van der Waals surface area (Å²) in [7, 11) is -8.35. The normalized spacial score (nSPS) is 27.6. The first-order valence-corrected chi connectivity index (χ1v) is 15.3. The number of aliphatic hydroxyl groups is 2. The zero-order valence-electron chi connectivity index (χ0n) is 19.6. The summed E-state index contributed by atoms with van der Waals surface area (Å²) >= 11 is 6.16. The molecule has 1 unspecified atom stereocenters. The van der Waals surface area contributed by atoms with Crippen LogP contribution in [0, 0.1) is 0 Å². The van der Waals surface area contributed by atoms with Crippen molar-refractivity contribution in [1.29, 1.82) is 0 Å². The van der Waals surface area contributed by atoms with Crippen LogP contribution in [0.25, 0.3) is 11.0 Å². The van der Waals surface area contributed by atoms with Gasteiger partial charge in [0.05, 0.1) is 11.5 Å². The van der Waals surface area contributed by atoms with Crippen LogP contribution in [-0.4, -0.2) is 76.0 Å². The second-order valence-corrected chi connectivity index (χ2v) is 13.3. The summed E-state index contributed by atoms with van der Waals surface area (Å²) in [4.78, 5) is 8.56. The summed E-state index contributed by atoms with van der Waals surface area (Å²) < 4.78 is 54.3. The molecular formula is C20H30ClN4O8PS. The molecule has 0 amide bonds. The molecule has 1 saturated heterocycles. The van der Waals surface area contributed by atoms with Crippen molar-refractivity contribution in [2.75, 3.05) is 17.7 Å². The van der Waals surface area contributed by atoms with Gasteiger partial charge in [-0.15, -0.1) is 0 Å². The van der Waals surface area contributed by atoms with E-state index in [0.717, 1.165) is 32.3 Å². The molecule has 2 aliphatic rings. The maximum absolute atomic E-state index is 12.5. The van der Waals surface area contributed by atoms with Crippen LogP contribution in [0.2, 0.25) is 5.28 Å². The average Bonchev–Trinajstić information content (AvgIpc) is 3.42. The largest absolute Gasteiger partial charge is 0.387 e. The highest BCUT2D eigenvalue weighted by atomic mass is 35.5. The number of nitrogens with zero attached hydrogens (tertiary/aromatic N) is 3. The molecule has 1 saturated carbocycles. The molecule has 3 heterocycles. The van der Waals surface area contributed by atoms with Crippen molar-refractivity contribution in [1.82, 2.24) is 14.5 Å². The van der Waals surface area contributed by atoms with Crippen LogP contribution in [0.15, 0.2) is 12.3 Å². The number of anilines is 1. The fourth-order valence-corrected chi connectivity index (χ4v) is 8.16. The number of aromatic nitrogens is 3. The number of ether oxygens (including phenoxy) is 1. The monoisotopic (exact) mass is 552 g/mol. The highest BCUT2D eigenvalue weighted by Crippen LogP contribution is 2.47. The van der Waals surface area contributed by atoms with Crippen LogP contribution in [-0.2, 0) is 27.9 Å². The van der Waals surface area contributed by atoms with E-state index < -0.39 is 54.1 Å². The second-order valence-electron chi connectivity index (χ2n) is 9.20. The van der Waals surface area contributed by atoms with Crippen LogP contribution >= 0.6 is 19.2 Å². The highest BCUT2D eigenvalue weighted by Gasteiger charge is 2.47. The topological polar surface area (TPSA) is 162 Å². The van der Waals surface area contributed by atoms with Gasteiger partial charge in [0.25, 0.3) is 10.1 Å². The van der Waals surface area contributed by atoms with E-state index in [2.05, 4.69) is 15.3 Å². The van der Waals surface area contributed by atoms with Gasteiger partial charge in [-0.05, 0) is 44.4 Å². The SMILES string of the molecule is CC(C)OP(C)(=O)OS(=O)(=O)C[C@H]1O[C@@H](n2ccc3c(NC4CCCC4)nc(Cl)nc32)[C@H](O)[C@@H]1O. The van der Waals surface area contributed by atoms with Crippen LogP contribution in [0.5, 0.6) is 0 Å². The number of hydrogen-bond donors (Lipinski definition) is 3. The molecule has 15 heteroatoms. The Hall–Kier alpha value is -1.31. The molecule has 0 aromatic carbocycles. The number of nitrogens with one attached hydrogen (secondary N) is 1. The number of fused-ring (bicyclic) bond motifs is 1. The van der Waals surface area contributed by atoms with Crippen molar-refractivity contribution in [2.24, 2.45) is 0 Å². The van der Waals surface area contributed by atoms with E-state index in [-0.39, 0.29) is 11.3 Å². The first-order valence-electron chi connectivity index (χ1n) is 11.4. The Labute approximate surface area is 208 Å². The van der Waals surface area contributed by atoms with Crippen LogP contribution in [0.3, 0.4) is 0 Å². The number of hydrogen-bond acceptors (Lipinski definition) is 11.